The summed E-state index contributed by atoms with van der Waals surface area (Å²) >= 11 is 15.9. The van der Waals surface area contributed by atoms with E-state index in [0.717, 1.165) is 6.07 Å². The average molecular weight is 398 g/mol. The van der Waals surface area contributed by atoms with Gasteiger partial charge >= 0.3 is 6.18 Å². The van der Waals surface area contributed by atoms with Crippen LogP contribution in [0, 0.1) is 10.1 Å². The molecule has 1 aromatic rings. The molecule has 124 valence electrons. The standard InChI is InChI=1S/C10H9Cl2F3NO4PS/c1-21(22,19-5-9(11)12)20-6-2-3-8(16(17)18)7(4-6)10(13,14)15/h2-4,9H,5H2,1H3. The second kappa shape index (κ2) is 7.31. The van der Waals surface area contributed by atoms with Crippen molar-refractivity contribution in [3.63, 3.8) is 0 Å². The van der Waals surface area contributed by atoms with Crippen LogP contribution in [0.25, 0.3) is 0 Å². The molecule has 1 unspecified atom stereocenters. The number of nitro benzene ring substituents is 1. The minimum Gasteiger partial charge on any atom is -0.444 e. The van der Waals surface area contributed by atoms with Crippen molar-refractivity contribution in [3.8, 4) is 5.75 Å². The molecule has 22 heavy (non-hydrogen) atoms. The summed E-state index contributed by atoms with van der Waals surface area (Å²) in [6.45, 7) is -1.74. The van der Waals surface area contributed by atoms with Gasteiger partial charge < -0.3 is 9.05 Å². The highest BCUT2D eigenvalue weighted by Gasteiger charge is 2.39. The highest BCUT2D eigenvalue weighted by Crippen LogP contribution is 2.47. The Morgan fingerprint density at radius 1 is 1.45 bits per heavy atom. The van der Waals surface area contributed by atoms with Crippen molar-refractivity contribution < 1.29 is 27.1 Å². The molecule has 0 aliphatic heterocycles. The number of halogens is 5. The van der Waals surface area contributed by atoms with E-state index in [1.807, 2.05) is 0 Å². The number of alkyl halides is 5. The summed E-state index contributed by atoms with van der Waals surface area (Å²) < 4.78 is 48.8. The molecule has 0 aliphatic carbocycles. The molecular weight excluding hydrogens is 389 g/mol. The second-order valence-corrected chi connectivity index (χ2v) is 9.23. The maximum atomic E-state index is 12.8. The fourth-order valence-corrected chi connectivity index (χ4v) is 3.08. The molecule has 0 aliphatic rings. The second-order valence-electron chi connectivity index (χ2n) is 3.98. The van der Waals surface area contributed by atoms with Gasteiger partial charge in [0.05, 0.1) is 11.5 Å². The van der Waals surface area contributed by atoms with E-state index in [4.69, 9.17) is 44.1 Å². The molecule has 0 spiro atoms. The molecule has 5 nitrogen and oxygen atoms in total. The van der Waals surface area contributed by atoms with E-state index in [0.29, 0.717) is 12.1 Å². The zero-order valence-corrected chi connectivity index (χ0v) is 14.1. The Morgan fingerprint density at radius 3 is 2.50 bits per heavy atom. The smallest absolute Gasteiger partial charge is 0.423 e. The van der Waals surface area contributed by atoms with E-state index in [1.165, 1.54) is 6.66 Å². The maximum absolute atomic E-state index is 12.8. The Bertz CT molecular complexity index is 614. The van der Waals surface area contributed by atoms with Crippen molar-refractivity contribution in [1.29, 1.82) is 0 Å². The van der Waals surface area contributed by atoms with Crippen molar-refractivity contribution in [2.75, 3.05) is 13.3 Å². The van der Waals surface area contributed by atoms with Crippen LogP contribution in [-0.4, -0.2) is 23.0 Å². The van der Waals surface area contributed by atoms with Crippen molar-refractivity contribution in [1.82, 2.24) is 0 Å². The predicted octanol–water partition coefficient (Wildman–Crippen LogP) is 4.75. The Morgan fingerprint density at radius 2 is 2.05 bits per heavy atom. The van der Waals surface area contributed by atoms with Gasteiger partial charge in [0.25, 0.3) is 5.69 Å². The molecule has 0 fully saturated rings. The lowest BCUT2D eigenvalue weighted by Crippen LogP contribution is -2.09. The summed E-state index contributed by atoms with van der Waals surface area (Å²) in [5.74, 6) is -0.288. The fraction of sp³-hybridized carbons (Fsp3) is 0.400. The molecule has 1 atom stereocenters. The summed E-state index contributed by atoms with van der Waals surface area (Å²) in [4.78, 5) is 8.64. The summed E-state index contributed by atoms with van der Waals surface area (Å²) in [5.41, 5.74) is -2.51. The van der Waals surface area contributed by atoms with E-state index in [9.17, 15) is 23.3 Å². The molecule has 12 heteroatoms. The highest BCUT2D eigenvalue weighted by atomic mass is 35.5. The minimum absolute atomic E-state index is 0.157. The van der Waals surface area contributed by atoms with Crippen LogP contribution in [0.1, 0.15) is 5.56 Å². The van der Waals surface area contributed by atoms with Crippen molar-refractivity contribution in [2.45, 2.75) is 11.0 Å². The molecule has 0 aromatic heterocycles. The lowest BCUT2D eigenvalue weighted by Gasteiger charge is -2.20. The zero-order chi connectivity index (χ0) is 17.1. The van der Waals surface area contributed by atoms with Crippen LogP contribution in [0.5, 0.6) is 5.75 Å². The maximum Gasteiger partial charge on any atom is 0.423 e. The van der Waals surface area contributed by atoms with Crippen LogP contribution in [-0.2, 0) is 22.5 Å². The number of benzene rings is 1. The Balaban J connectivity index is 3.07. The predicted molar refractivity (Wildman–Crippen MR) is 80.4 cm³/mol. The van der Waals surface area contributed by atoms with Gasteiger partial charge in [-0.05, 0) is 23.9 Å². The van der Waals surface area contributed by atoms with Gasteiger partial charge in [-0.25, -0.2) is 0 Å². The third-order valence-corrected chi connectivity index (χ3v) is 4.13. The van der Waals surface area contributed by atoms with Gasteiger partial charge in [-0.1, -0.05) is 0 Å². The fourth-order valence-electron chi connectivity index (χ4n) is 1.37. The summed E-state index contributed by atoms with van der Waals surface area (Å²) in [6.07, 6.45) is -4.91. The largest absolute Gasteiger partial charge is 0.444 e. The van der Waals surface area contributed by atoms with Crippen LogP contribution >= 0.6 is 29.7 Å². The van der Waals surface area contributed by atoms with E-state index >= 15 is 0 Å². The molecule has 1 aromatic carbocycles. The number of nitrogens with zero attached hydrogens (tertiary/aromatic N) is 1. The van der Waals surface area contributed by atoms with Gasteiger partial charge in [-0.15, -0.1) is 23.2 Å². The van der Waals surface area contributed by atoms with Gasteiger partial charge in [0.1, 0.15) is 16.1 Å². The first-order valence-corrected chi connectivity index (χ1v) is 9.43. The molecule has 1 rings (SSSR count). The number of hydrogen-bond acceptors (Lipinski definition) is 5. The van der Waals surface area contributed by atoms with Crippen molar-refractivity contribution in [2.24, 2.45) is 0 Å². The van der Waals surface area contributed by atoms with Gasteiger partial charge in [0, 0.05) is 12.7 Å². The Labute approximate surface area is 138 Å². The number of rotatable bonds is 6. The topological polar surface area (TPSA) is 61.6 Å². The van der Waals surface area contributed by atoms with E-state index in [1.54, 1.807) is 0 Å². The van der Waals surface area contributed by atoms with Crippen LogP contribution in [0.4, 0.5) is 18.9 Å². The lowest BCUT2D eigenvalue weighted by molar-refractivity contribution is -0.388. The molecule has 0 amide bonds. The van der Waals surface area contributed by atoms with Gasteiger partial charge in [-0.3, -0.25) is 10.1 Å². The Kier molecular flexibility index (Phi) is 6.46. The monoisotopic (exact) mass is 397 g/mol. The lowest BCUT2D eigenvalue weighted by atomic mass is 10.1. The molecular formula is C10H9Cl2F3NO4PS. The van der Waals surface area contributed by atoms with E-state index in [-0.39, 0.29) is 12.4 Å². The SMILES string of the molecule is CP(=S)(OCC(Cl)Cl)Oc1ccc([N+](=O)[O-])c(C(F)(F)F)c1. The third kappa shape index (κ3) is 5.89. The summed E-state index contributed by atoms with van der Waals surface area (Å²) in [5, 5.41) is 10.6. The Hall–Kier alpha value is -0.600. The first kappa shape index (κ1) is 19.4. The van der Waals surface area contributed by atoms with Crippen molar-refractivity contribution in [3.05, 3.63) is 33.9 Å². The van der Waals surface area contributed by atoms with Crippen LogP contribution < -0.4 is 4.52 Å². The van der Waals surface area contributed by atoms with Crippen LogP contribution in [0.3, 0.4) is 0 Å². The first-order chi connectivity index (χ1) is 9.92. The van der Waals surface area contributed by atoms with Gasteiger partial charge in [0.15, 0.2) is 0 Å². The normalized spacial score (nSPS) is 14.7. The van der Waals surface area contributed by atoms with Gasteiger partial charge in [-0.2, -0.15) is 13.2 Å². The van der Waals surface area contributed by atoms with E-state index in [2.05, 4.69) is 0 Å². The number of nitro groups is 1. The first-order valence-electron chi connectivity index (χ1n) is 5.48. The van der Waals surface area contributed by atoms with Crippen LogP contribution in [0.2, 0.25) is 0 Å². The summed E-state index contributed by atoms with van der Waals surface area (Å²) in [6, 6.07) is 2.21. The van der Waals surface area contributed by atoms with E-state index < -0.39 is 33.7 Å². The van der Waals surface area contributed by atoms with Crippen LogP contribution in [0.15, 0.2) is 18.2 Å². The number of hydrogen-bond donors (Lipinski definition) is 0. The molecule has 0 heterocycles. The molecule has 0 radical (unpaired) electrons. The third-order valence-electron chi connectivity index (χ3n) is 2.18. The molecule has 0 saturated carbocycles. The average Bonchev–Trinajstić information content (AvgIpc) is 2.34. The minimum atomic E-state index is -4.91. The zero-order valence-electron chi connectivity index (χ0n) is 10.8. The van der Waals surface area contributed by atoms with Crippen molar-refractivity contribution >= 4 is 47.2 Å². The van der Waals surface area contributed by atoms with Gasteiger partial charge in [0.2, 0.25) is 6.49 Å². The molecule has 0 bridgehead atoms. The highest BCUT2D eigenvalue weighted by molar-refractivity contribution is 8.09. The summed E-state index contributed by atoms with van der Waals surface area (Å²) in [7, 11) is 0. The molecule has 0 saturated heterocycles. The quantitative estimate of drug-likeness (QED) is 0.300. The molecule has 0 N–H and O–H groups in total.